The van der Waals surface area contributed by atoms with Gasteiger partial charge in [-0.05, 0) is 51.8 Å². The predicted molar refractivity (Wildman–Crippen MR) is 75.9 cm³/mol. The van der Waals surface area contributed by atoms with Crippen LogP contribution in [0.25, 0.3) is 0 Å². The predicted octanol–water partition coefficient (Wildman–Crippen LogP) is 2.42. The highest BCUT2D eigenvalue weighted by molar-refractivity contribution is 5.97. The van der Waals surface area contributed by atoms with Crippen molar-refractivity contribution >= 4 is 5.91 Å². The van der Waals surface area contributed by atoms with Gasteiger partial charge in [-0.1, -0.05) is 17.7 Å². The SMILES string of the molecule is CCN(CCCN)C(=O)c1c(C)cc(C)cc1C. The maximum absolute atomic E-state index is 12.5. The van der Waals surface area contributed by atoms with Gasteiger partial charge in [0.2, 0.25) is 0 Å². The number of carbonyl (C=O) groups excluding carboxylic acids is 1. The quantitative estimate of drug-likeness (QED) is 0.870. The highest BCUT2D eigenvalue weighted by Gasteiger charge is 2.18. The van der Waals surface area contributed by atoms with Gasteiger partial charge in [-0.3, -0.25) is 4.79 Å². The first-order valence-corrected chi connectivity index (χ1v) is 6.58. The fourth-order valence-electron chi connectivity index (χ4n) is 2.36. The average molecular weight is 248 g/mol. The molecular formula is C15H24N2O. The summed E-state index contributed by atoms with van der Waals surface area (Å²) >= 11 is 0. The van der Waals surface area contributed by atoms with Crippen molar-refractivity contribution in [1.29, 1.82) is 0 Å². The smallest absolute Gasteiger partial charge is 0.254 e. The summed E-state index contributed by atoms with van der Waals surface area (Å²) in [4.78, 5) is 14.4. The second-order valence-electron chi connectivity index (χ2n) is 4.80. The van der Waals surface area contributed by atoms with Gasteiger partial charge in [0.05, 0.1) is 0 Å². The van der Waals surface area contributed by atoms with E-state index in [2.05, 4.69) is 19.1 Å². The summed E-state index contributed by atoms with van der Waals surface area (Å²) in [5.74, 6) is 0.126. The van der Waals surface area contributed by atoms with Crippen LogP contribution >= 0.6 is 0 Å². The van der Waals surface area contributed by atoms with Crippen molar-refractivity contribution in [2.45, 2.75) is 34.1 Å². The van der Waals surface area contributed by atoms with Gasteiger partial charge in [0, 0.05) is 18.7 Å². The molecule has 1 aromatic carbocycles. The van der Waals surface area contributed by atoms with Gasteiger partial charge in [0.1, 0.15) is 0 Å². The van der Waals surface area contributed by atoms with Gasteiger partial charge in [-0.15, -0.1) is 0 Å². The molecule has 0 atom stereocenters. The van der Waals surface area contributed by atoms with E-state index in [1.165, 1.54) is 5.56 Å². The normalized spacial score (nSPS) is 10.5. The summed E-state index contributed by atoms with van der Waals surface area (Å²) in [5, 5.41) is 0. The topological polar surface area (TPSA) is 46.3 Å². The second kappa shape index (κ2) is 6.55. The standard InChI is InChI=1S/C15H24N2O/c1-5-17(8-6-7-16)15(18)14-12(3)9-11(2)10-13(14)4/h9-10H,5-8,16H2,1-4H3. The molecule has 100 valence electrons. The molecule has 0 bridgehead atoms. The number of carbonyl (C=O) groups is 1. The highest BCUT2D eigenvalue weighted by Crippen LogP contribution is 2.18. The van der Waals surface area contributed by atoms with Gasteiger partial charge >= 0.3 is 0 Å². The van der Waals surface area contributed by atoms with Crippen LogP contribution in [0.5, 0.6) is 0 Å². The third-order valence-corrected chi connectivity index (χ3v) is 3.19. The molecule has 1 aromatic rings. The van der Waals surface area contributed by atoms with Crippen LogP contribution < -0.4 is 5.73 Å². The van der Waals surface area contributed by atoms with Crippen LogP contribution in [0.2, 0.25) is 0 Å². The number of nitrogens with zero attached hydrogens (tertiary/aromatic N) is 1. The van der Waals surface area contributed by atoms with E-state index in [0.717, 1.165) is 36.2 Å². The monoisotopic (exact) mass is 248 g/mol. The number of nitrogens with two attached hydrogens (primary N) is 1. The lowest BCUT2D eigenvalue weighted by molar-refractivity contribution is 0.0762. The molecule has 1 amide bonds. The first-order chi connectivity index (χ1) is 8.51. The van der Waals surface area contributed by atoms with Crippen LogP contribution in [0.1, 0.15) is 40.4 Å². The molecule has 0 radical (unpaired) electrons. The molecule has 0 heterocycles. The molecule has 0 fully saturated rings. The van der Waals surface area contributed by atoms with Crippen molar-refractivity contribution in [2.75, 3.05) is 19.6 Å². The average Bonchev–Trinajstić information content (AvgIpc) is 2.28. The fraction of sp³-hybridized carbons (Fsp3) is 0.533. The molecule has 2 N–H and O–H groups in total. The molecule has 0 aliphatic carbocycles. The Morgan fingerprint density at radius 3 is 2.22 bits per heavy atom. The molecule has 3 heteroatoms. The minimum absolute atomic E-state index is 0.126. The summed E-state index contributed by atoms with van der Waals surface area (Å²) in [6, 6.07) is 4.13. The Balaban J connectivity index is 3.01. The van der Waals surface area contributed by atoms with Crippen molar-refractivity contribution in [2.24, 2.45) is 5.73 Å². The summed E-state index contributed by atoms with van der Waals surface area (Å²) in [7, 11) is 0. The minimum Gasteiger partial charge on any atom is -0.339 e. The summed E-state index contributed by atoms with van der Waals surface area (Å²) < 4.78 is 0. The molecule has 0 saturated heterocycles. The minimum atomic E-state index is 0.126. The Bertz CT molecular complexity index is 403. The lowest BCUT2D eigenvalue weighted by Gasteiger charge is -2.23. The van der Waals surface area contributed by atoms with E-state index < -0.39 is 0 Å². The largest absolute Gasteiger partial charge is 0.339 e. The van der Waals surface area contributed by atoms with Gasteiger partial charge in [-0.25, -0.2) is 0 Å². The van der Waals surface area contributed by atoms with E-state index in [-0.39, 0.29) is 5.91 Å². The first kappa shape index (κ1) is 14.7. The van der Waals surface area contributed by atoms with Gasteiger partial charge in [-0.2, -0.15) is 0 Å². The van der Waals surface area contributed by atoms with Crippen LogP contribution in [-0.2, 0) is 0 Å². The number of amides is 1. The van der Waals surface area contributed by atoms with Crippen LogP contribution in [-0.4, -0.2) is 30.4 Å². The summed E-state index contributed by atoms with van der Waals surface area (Å²) in [6.07, 6.45) is 0.851. The molecular weight excluding hydrogens is 224 g/mol. The van der Waals surface area contributed by atoms with E-state index in [9.17, 15) is 4.79 Å². The second-order valence-corrected chi connectivity index (χ2v) is 4.80. The van der Waals surface area contributed by atoms with Crippen molar-refractivity contribution in [3.63, 3.8) is 0 Å². The Labute approximate surface area is 110 Å². The molecule has 18 heavy (non-hydrogen) atoms. The first-order valence-electron chi connectivity index (χ1n) is 6.58. The number of rotatable bonds is 5. The van der Waals surface area contributed by atoms with E-state index in [1.807, 2.05) is 25.7 Å². The lowest BCUT2D eigenvalue weighted by Crippen LogP contribution is -2.33. The van der Waals surface area contributed by atoms with Gasteiger partial charge in [0.25, 0.3) is 5.91 Å². The zero-order valence-electron chi connectivity index (χ0n) is 11.9. The lowest BCUT2D eigenvalue weighted by atomic mass is 9.98. The number of hydrogen-bond donors (Lipinski definition) is 1. The summed E-state index contributed by atoms with van der Waals surface area (Å²) in [5.41, 5.74) is 9.68. The molecule has 1 rings (SSSR count). The van der Waals surface area contributed by atoms with E-state index in [0.29, 0.717) is 6.54 Å². The van der Waals surface area contributed by atoms with E-state index >= 15 is 0 Å². The van der Waals surface area contributed by atoms with Crippen molar-refractivity contribution in [1.82, 2.24) is 4.90 Å². The molecule has 0 saturated carbocycles. The molecule has 0 unspecified atom stereocenters. The van der Waals surface area contributed by atoms with E-state index in [4.69, 9.17) is 5.73 Å². The Morgan fingerprint density at radius 2 is 1.78 bits per heavy atom. The third-order valence-electron chi connectivity index (χ3n) is 3.19. The van der Waals surface area contributed by atoms with Crippen molar-refractivity contribution in [3.8, 4) is 0 Å². The number of aryl methyl sites for hydroxylation is 3. The van der Waals surface area contributed by atoms with Crippen LogP contribution in [0, 0.1) is 20.8 Å². The maximum atomic E-state index is 12.5. The van der Waals surface area contributed by atoms with Gasteiger partial charge in [0.15, 0.2) is 0 Å². The third kappa shape index (κ3) is 3.33. The summed E-state index contributed by atoms with van der Waals surface area (Å²) in [6.45, 7) is 10.2. The number of hydrogen-bond acceptors (Lipinski definition) is 2. The number of benzene rings is 1. The molecule has 3 nitrogen and oxygen atoms in total. The Kier molecular flexibility index (Phi) is 5.35. The Hall–Kier alpha value is -1.35. The molecule has 0 spiro atoms. The Morgan fingerprint density at radius 1 is 1.22 bits per heavy atom. The van der Waals surface area contributed by atoms with Crippen molar-refractivity contribution in [3.05, 3.63) is 34.4 Å². The zero-order valence-corrected chi connectivity index (χ0v) is 11.9. The molecule has 0 aliphatic rings. The molecule has 0 aromatic heterocycles. The zero-order chi connectivity index (χ0) is 13.7. The van der Waals surface area contributed by atoms with Crippen LogP contribution in [0.4, 0.5) is 0 Å². The van der Waals surface area contributed by atoms with Crippen molar-refractivity contribution < 1.29 is 4.79 Å². The van der Waals surface area contributed by atoms with Crippen LogP contribution in [0.15, 0.2) is 12.1 Å². The maximum Gasteiger partial charge on any atom is 0.254 e. The highest BCUT2D eigenvalue weighted by atomic mass is 16.2. The van der Waals surface area contributed by atoms with Crippen LogP contribution in [0.3, 0.4) is 0 Å². The van der Waals surface area contributed by atoms with Gasteiger partial charge < -0.3 is 10.6 Å². The molecule has 0 aliphatic heterocycles. The van der Waals surface area contributed by atoms with E-state index in [1.54, 1.807) is 0 Å². The fourth-order valence-corrected chi connectivity index (χ4v) is 2.36.